The van der Waals surface area contributed by atoms with Crippen molar-refractivity contribution in [3.05, 3.63) is 29.1 Å². The first-order valence-electron chi connectivity index (χ1n) is 8.24. The van der Waals surface area contributed by atoms with Crippen LogP contribution in [0.4, 0.5) is 10.1 Å². The monoisotopic (exact) mass is 292 g/mol. The molecule has 0 aromatic heterocycles. The summed E-state index contributed by atoms with van der Waals surface area (Å²) in [6.45, 7) is 12.7. The van der Waals surface area contributed by atoms with Crippen molar-refractivity contribution in [1.82, 2.24) is 5.32 Å². The van der Waals surface area contributed by atoms with E-state index in [1.807, 2.05) is 13.0 Å². The summed E-state index contributed by atoms with van der Waals surface area (Å²) in [6, 6.07) is 4.47. The molecule has 1 saturated heterocycles. The van der Waals surface area contributed by atoms with E-state index in [1.165, 1.54) is 12.1 Å². The smallest absolute Gasteiger partial charge is 0.126 e. The second-order valence-electron chi connectivity index (χ2n) is 6.68. The maximum atomic E-state index is 14.1. The molecule has 0 saturated carbocycles. The van der Waals surface area contributed by atoms with Crippen LogP contribution in [0.2, 0.25) is 0 Å². The molecule has 2 nitrogen and oxygen atoms in total. The van der Waals surface area contributed by atoms with Gasteiger partial charge in [0.25, 0.3) is 0 Å². The van der Waals surface area contributed by atoms with Crippen molar-refractivity contribution in [2.45, 2.75) is 59.5 Å². The molecule has 2 rings (SSSR count). The van der Waals surface area contributed by atoms with Crippen LogP contribution in [0.1, 0.15) is 57.7 Å². The van der Waals surface area contributed by atoms with Gasteiger partial charge in [-0.3, -0.25) is 0 Å². The summed E-state index contributed by atoms with van der Waals surface area (Å²) in [5.41, 5.74) is 3.04. The second-order valence-corrected chi connectivity index (χ2v) is 6.68. The van der Waals surface area contributed by atoms with Gasteiger partial charge in [0.2, 0.25) is 0 Å². The lowest BCUT2D eigenvalue weighted by Crippen LogP contribution is -2.30. The van der Waals surface area contributed by atoms with Crippen LogP contribution < -0.4 is 10.2 Å². The highest BCUT2D eigenvalue weighted by Gasteiger charge is 2.29. The third-order valence-corrected chi connectivity index (χ3v) is 4.57. The van der Waals surface area contributed by atoms with E-state index in [-0.39, 0.29) is 11.9 Å². The van der Waals surface area contributed by atoms with Gasteiger partial charge >= 0.3 is 0 Å². The first-order valence-corrected chi connectivity index (χ1v) is 8.24. The van der Waals surface area contributed by atoms with Crippen molar-refractivity contribution in [1.29, 1.82) is 0 Å². The Kier molecular flexibility index (Phi) is 5.26. The summed E-state index contributed by atoms with van der Waals surface area (Å²) in [7, 11) is 0. The van der Waals surface area contributed by atoms with Crippen molar-refractivity contribution in [2.24, 2.45) is 5.92 Å². The second kappa shape index (κ2) is 6.78. The van der Waals surface area contributed by atoms with Crippen LogP contribution in [0.15, 0.2) is 12.1 Å². The highest BCUT2D eigenvalue weighted by Crippen LogP contribution is 2.35. The lowest BCUT2D eigenvalue weighted by atomic mass is 10.0. The summed E-state index contributed by atoms with van der Waals surface area (Å²) >= 11 is 0. The van der Waals surface area contributed by atoms with Gasteiger partial charge in [-0.15, -0.1) is 0 Å². The van der Waals surface area contributed by atoms with Crippen LogP contribution in [0.25, 0.3) is 0 Å². The molecule has 118 valence electrons. The molecule has 0 aliphatic carbocycles. The van der Waals surface area contributed by atoms with Crippen molar-refractivity contribution in [3.8, 4) is 0 Å². The van der Waals surface area contributed by atoms with Gasteiger partial charge in [-0.2, -0.15) is 0 Å². The number of rotatable bonds is 5. The summed E-state index contributed by atoms with van der Waals surface area (Å²) in [6.07, 6.45) is 2.30. The van der Waals surface area contributed by atoms with E-state index in [1.54, 1.807) is 6.07 Å². The molecular weight excluding hydrogens is 263 g/mol. The van der Waals surface area contributed by atoms with Crippen LogP contribution in [0, 0.1) is 18.7 Å². The standard InChI is InChI=1S/C18H29FN2/c1-6-7-20-15(5)16-10-17(19)13(3)9-18(16)21-11-12(2)8-14(21)4/h9-10,12,14-15,20H,6-8,11H2,1-5H3. The maximum absolute atomic E-state index is 14.1. The molecule has 1 aliphatic heterocycles. The van der Waals surface area contributed by atoms with Crippen LogP contribution in [-0.2, 0) is 0 Å². The van der Waals surface area contributed by atoms with Gasteiger partial charge in [0.05, 0.1) is 0 Å². The Morgan fingerprint density at radius 3 is 2.67 bits per heavy atom. The van der Waals surface area contributed by atoms with E-state index >= 15 is 0 Å². The first kappa shape index (κ1) is 16.3. The van der Waals surface area contributed by atoms with Gasteiger partial charge < -0.3 is 10.2 Å². The lowest BCUT2D eigenvalue weighted by molar-refractivity contribution is 0.558. The molecular formula is C18H29FN2. The molecule has 21 heavy (non-hydrogen) atoms. The SMILES string of the molecule is CCCNC(C)c1cc(F)c(C)cc1N1CC(C)CC1C. The Morgan fingerprint density at radius 2 is 2.10 bits per heavy atom. The Hall–Kier alpha value is -1.09. The summed E-state index contributed by atoms with van der Waals surface area (Å²) in [5.74, 6) is 0.607. The molecule has 0 amide bonds. The van der Waals surface area contributed by atoms with Crippen LogP contribution >= 0.6 is 0 Å². The van der Waals surface area contributed by atoms with E-state index < -0.39 is 0 Å². The fourth-order valence-corrected chi connectivity index (χ4v) is 3.38. The number of nitrogens with zero attached hydrogens (tertiary/aromatic N) is 1. The third kappa shape index (κ3) is 3.57. The number of hydrogen-bond acceptors (Lipinski definition) is 2. The van der Waals surface area contributed by atoms with E-state index in [9.17, 15) is 4.39 Å². The maximum Gasteiger partial charge on any atom is 0.126 e. The number of nitrogens with one attached hydrogen (secondary N) is 1. The molecule has 0 radical (unpaired) electrons. The normalized spacial score (nSPS) is 23.6. The zero-order valence-electron chi connectivity index (χ0n) is 14.0. The summed E-state index contributed by atoms with van der Waals surface area (Å²) < 4.78 is 14.1. The van der Waals surface area contributed by atoms with Crippen LogP contribution in [-0.4, -0.2) is 19.1 Å². The molecule has 3 heteroatoms. The van der Waals surface area contributed by atoms with E-state index in [4.69, 9.17) is 0 Å². The van der Waals surface area contributed by atoms with Crippen molar-refractivity contribution in [3.63, 3.8) is 0 Å². The molecule has 1 N–H and O–H groups in total. The summed E-state index contributed by atoms with van der Waals surface area (Å²) in [5, 5.41) is 3.49. The van der Waals surface area contributed by atoms with E-state index in [0.29, 0.717) is 12.0 Å². The fourth-order valence-electron chi connectivity index (χ4n) is 3.38. The molecule has 0 spiro atoms. The summed E-state index contributed by atoms with van der Waals surface area (Å²) in [4.78, 5) is 2.45. The molecule has 0 bridgehead atoms. The Balaban J connectivity index is 2.36. The number of aryl methyl sites for hydroxylation is 1. The first-order chi connectivity index (χ1) is 9.93. The molecule has 1 heterocycles. The minimum Gasteiger partial charge on any atom is -0.368 e. The van der Waals surface area contributed by atoms with Crippen molar-refractivity contribution < 1.29 is 4.39 Å². The van der Waals surface area contributed by atoms with Crippen molar-refractivity contribution >= 4 is 5.69 Å². The highest BCUT2D eigenvalue weighted by atomic mass is 19.1. The molecule has 1 aromatic rings. The van der Waals surface area contributed by atoms with E-state index in [0.717, 1.165) is 30.6 Å². The van der Waals surface area contributed by atoms with Crippen LogP contribution in [0.5, 0.6) is 0 Å². The van der Waals surface area contributed by atoms with E-state index in [2.05, 4.69) is 37.9 Å². The molecule has 1 fully saturated rings. The minimum absolute atomic E-state index is 0.0983. The predicted molar refractivity (Wildman–Crippen MR) is 88.4 cm³/mol. The average Bonchev–Trinajstić information content (AvgIpc) is 2.77. The van der Waals surface area contributed by atoms with Crippen LogP contribution in [0.3, 0.4) is 0 Å². The van der Waals surface area contributed by atoms with Gasteiger partial charge in [-0.25, -0.2) is 4.39 Å². The minimum atomic E-state index is -0.0983. The van der Waals surface area contributed by atoms with Gasteiger partial charge in [-0.1, -0.05) is 13.8 Å². The fraction of sp³-hybridized carbons (Fsp3) is 0.667. The van der Waals surface area contributed by atoms with Gasteiger partial charge in [0.1, 0.15) is 5.82 Å². The molecule has 1 aromatic carbocycles. The Bertz CT molecular complexity index is 486. The number of anilines is 1. The van der Waals surface area contributed by atoms with Crippen molar-refractivity contribution in [2.75, 3.05) is 18.0 Å². The third-order valence-electron chi connectivity index (χ3n) is 4.57. The molecule has 1 aliphatic rings. The van der Waals surface area contributed by atoms with Gasteiger partial charge in [0.15, 0.2) is 0 Å². The lowest BCUT2D eigenvalue weighted by Gasteiger charge is -2.29. The highest BCUT2D eigenvalue weighted by molar-refractivity contribution is 5.58. The van der Waals surface area contributed by atoms with Gasteiger partial charge in [0, 0.05) is 24.3 Å². The number of halogens is 1. The zero-order chi connectivity index (χ0) is 15.6. The average molecular weight is 292 g/mol. The molecule has 3 atom stereocenters. The predicted octanol–water partition coefficient (Wildman–Crippen LogP) is 4.43. The Morgan fingerprint density at radius 1 is 1.38 bits per heavy atom. The van der Waals surface area contributed by atoms with Gasteiger partial charge in [-0.05, 0) is 69.3 Å². The Labute approximate surface area is 128 Å². The largest absolute Gasteiger partial charge is 0.368 e. The molecule has 3 unspecified atom stereocenters. The zero-order valence-corrected chi connectivity index (χ0v) is 14.0. The quantitative estimate of drug-likeness (QED) is 0.863. The number of hydrogen-bond donors (Lipinski definition) is 1. The number of benzene rings is 1. The topological polar surface area (TPSA) is 15.3 Å².